The van der Waals surface area contributed by atoms with Crippen molar-refractivity contribution in [2.45, 2.75) is 45.3 Å². The molecule has 3 nitrogen and oxygen atoms in total. The largest absolute Gasteiger partial charge is 0.314 e. The lowest BCUT2D eigenvalue weighted by Gasteiger charge is -2.22. The summed E-state index contributed by atoms with van der Waals surface area (Å²) in [4.78, 5) is 0. The Balaban J connectivity index is 2.34. The van der Waals surface area contributed by atoms with Gasteiger partial charge in [0.15, 0.2) is 0 Å². The van der Waals surface area contributed by atoms with E-state index in [-0.39, 0.29) is 6.17 Å². The molecule has 88 valence electrons. The highest BCUT2D eigenvalue weighted by Gasteiger charge is 2.34. The van der Waals surface area contributed by atoms with Gasteiger partial charge in [0.2, 0.25) is 0 Å². The van der Waals surface area contributed by atoms with Crippen LogP contribution in [-0.2, 0) is 0 Å². The number of benzene rings is 1. The molecule has 1 saturated heterocycles. The molecule has 1 aromatic carbocycles. The summed E-state index contributed by atoms with van der Waals surface area (Å²) in [6, 6.07) is 7.04. The first-order valence-corrected chi connectivity index (χ1v) is 5.97. The van der Waals surface area contributed by atoms with Gasteiger partial charge in [0.25, 0.3) is 0 Å². The zero-order chi connectivity index (χ0) is 11.7. The van der Waals surface area contributed by atoms with Crippen molar-refractivity contribution in [3.63, 3.8) is 0 Å². The van der Waals surface area contributed by atoms with Crippen molar-refractivity contribution in [2.24, 2.45) is 5.73 Å². The van der Waals surface area contributed by atoms with Crippen LogP contribution in [0.25, 0.3) is 0 Å². The average molecular weight is 219 g/mol. The van der Waals surface area contributed by atoms with Crippen LogP contribution in [0.1, 0.15) is 36.0 Å². The summed E-state index contributed by atoms with van der Waals surface area (Å²) in [5, 5.41) is 0. The van der Waals surface area contributed by atoms with Gasteiger partial charge in [-0.3, -0.25) is 5.43 Å². The predicted octanol–water partition coefficient (Wildman–Crippen LogP) is 1.56. The Hall–Kier alpha value is -0.900. The molecule has 0 radical (unpaired) electrons. The molecular weight excluding hydrogens is 198 g/mol. The monoisotopic (exact) mass is 219 g/mol. The second-order valence-corrected chi connectivity index (χ2v) is 4.72. The molecule has 3 atom stereocenters. The minimum absolute atomic E-state index is 0.00589. The van der Waals surface area contributed by atoms with Gasteiger partial charge in [-0.2, -0.15) is 0 Å². The maximum atomic E-state index is 6.11. The second-order valence-electron chi connectivity index (χ2n) is 4.72. The Bertz CT molecular complexity index is 375. The Morgan fingerprint density at radius 2 is 2.00 bits per heavy atom. The van der Waals surface area contributed by atoms with Crippen LogP contribution in [0.15, 0.2) is 18.2 Å². The molecular formula is C13H21N3. The molecule has 2 rings (SSSR count). The van der Waals surface area contributed by atoms with Crippen molar-refractivity contribution < 1.29 is 0 Å². The van der Waals surface area contributed by atoms with Gasteiger partial charge in [-0.25, -0.2) is 5.43 Å². The van der Waals surface area contributed by atoms with Crippen molar-refractivity contribution in [2.75, 3.05) is 0 Å². The number of aryl methyl sites for hydroxylation is 2. The highest BCUT2D eigenvalue weighted by Crippen LogP contribution is 2.29. The number of nitrogens with one attached hydrogen (secondary N) is 2. The van der Waals surface area contributed by atoms with Gasteiger partial charge >= 0.3 is 0 Å². The van der Waals surface area contributed by atoms with Gasteiger partial charge < -0.3 is 5.73 Å². The molecule has 1 aromatic rings. The summed E-state index contributed by atoms with van der Waals surface area (Å²) >= 11 is 0. The quantitative estimate of drug-likeness (QED) is 0.707. The third-order valence-electron chi connectivity index (χ3n) is 3.48. The summed E-state index contributed by atoms with van der Waals surface area (Å²) < 4.78 is 0. The number of hydrazine groups is 1. The summed E-state index contributed by atoms with van der Waals surface area (Å²) in [6.45, 7) is 6.48. The van der Waals surface area contributed by atoms with E-state index in [0.29, 0.717) is 12.0 Å². The van der Waals surface area contributed by atoms with Crippen molar-refractivity contribution in [3.8, 4) is 0 Å². The van der Waals surface area contributed by atoms with Crippen LogP contribution in [0, 0.1) is 13.8 Å². The summed E-state index contributed by atoms with van der Waals surface area (Å²) in [5.41, 5.74) is 16.5. The highest BCUT2D eigenvalue weighted by atomic mass is 15.5. The van der Waals surface area contributed by atoms with Crippen LogP contribution in [0.3, 0.4) is 0 Å². The molecule has 1 fully saturated rings. The van der Waals surface area contributed by atoms with Crippen LogP contribution < -0.4 is 16.6 Å². The van der Waals surface area contributed by atoms with Crippen molar-refractivity contribution >= 4 is 0 Å². The van der Waals surface area contributed by atoms with E-state index in [4.69, 9.17) is 5.73 Å². The lowest BCUT2D eigenvalue weighted by atomic mass is 9.86. The molecule has 16 heavy (non-hydrogen) atoms. The average Bonchev–Trinajstić information content (AvgIpc) is 2.60. The van der Waals surface area contributed by atoms with Crippen LogP contribution >= 0.6 is 0 Å². The third-order valence-corrected chi connectivity index (χ3v) is 3.48. The van der Waals surface area contributed by atoms with Crippen molar-refractivity contribution in [3.05, 3.63) is 34.9 Å². The van der Waals surface area contributed by atoms with Crippen LogP contribution in [-0.4, -0.2) is 12.2 Å². The van der Waals surface area contributed by atoms with Crippen LogP contribution in [0.2, 0.25) is 0 Å². The van der Waals surface area contributed by atoms with E-state index in [9.17, 15) is 0 Å². The molecule has 0 bridgehead atoms. The molecule has 3 unspecified atom stereocenters. The summed E-state index contributed by atoms with van der Waals surface area (Å²) in [6.07, 6.45) is 1.09. The maximum absolute atomic E-state index is 6.11. The smallest absolute Gasteiger partial charge is 0.0764 e. The Labute approximate surface area is 97.4 Å². The molecule has 0 spiro atoms. The van der Waals surface area contributed by atoms with Crippen LogP contribution in [0.5, 0.6) is 0 Å². The van der Waals surface area contributed by atoms with Gasteiger partial charge in [0.1, 0.15) is 0 Å². The van der Waals surface area contributed by atoms with E-state index in [1.807, 2.05) is 0 Å². The Morgan fingerprint density at radius 3 is 2.62 bits per heavy atom. The predicted molar refractivity (Wildman–Crippen MR) is 67.0 cm³/mol. The molecule has 3 heteroatoms. The topological polar surface area (TPSA) is 50.1 Å². The van der Waals surface area contributed by atoms with Crippen molar-refractivity contribution in [1.29, 1.82) is 0 Å². The minimum atomic E-state index is 0.00589. The van der Waals surface area contributed by atoms with Gasteiger partial charge in [-0.05, 0) is 31.4 Å². The van der Waals surface area contributed by atoms with Crippen LogP contribution in [0.4, 0.5) is 0 Å². The van der Waals surface area contributed by atoms with E-state index < -0.39 is 0 Å². The fraction of sp³-hybridized carbons (Fsp3) is 0.538. The molecule has 1 heterocycles. The second kappa shape index (κ2) is 4.53. The van der Waals surface area contributed by atoms with Gasteiger partial charge in [0, 0.05) is 12.0 Å². The zero-order valence-corrected chi connectivity index (χ0v) is 10.2. The standard InChI is InChI=1S/C13H21N3/c1-4-11-12(13(14)16-15-11)10-6-5-8(2)7-9(10)3/h5-7,11-13,15-16H,4,14H2,1-3H3. The normalized spacial score (nSPS) is 29.6. The van der Waals surface area contributed by atoms with E-state index in [2.05, 4.69) is 49.8 Å². The first-order chi connectivity index (χ1) is 7.63. The highest BCUT2D eigenvalue weighted by molar-refractivity contribution is 5.35. The minimum Gasteiger partial charge on any atom is -0.314 e. The van der Waals surface area contributed by atoms with Gasteiger partial charge in [-0.15, -0.1) is 0 Å². The number of hydrogen-bond acceptors (Lipinski definition) is 3. The molecule has 0 aromatic heterocycles. The zero-order valence-electron chi connectivity index (χ0n) is 10.2. The summed E-state index contributed by atoms with van der Waals surface area (Å²) in [7, 11) is 0. The maximum Gasteiger partial charge on any atom is 0.0764 e. The fourth-order valence-electron chi connectivity index (χ4n) is 2.60. The van der Waals surface area contributed by atoms with Gasteiger partial charge in [0.05, 0.1) is 6.17 Å². The van der Waals surface area contributed by atoms with E-state index in [1.54, 1.807) is 0 Å². The fourth-order valence-corrected chi connectivity index (χ4v) is 2.60. The Morgan fingerprint density at radius 1 is 1.25 bits per heavy atom. The number of rotatable bonds is 2. The molecule has 4 N–H and O–H groups in total. The lowest BCUT2D eigenvalue weighted by molar-refractivity contribution is 0.509. The molecule has 1 aliphatic heterocycles. The van der Waals surface area contributed by atoms with E-state index >= 15 is 0 Å². The third kappa shape index (κ3) is 1.98. The summed E-state index contributed by atoms with van der Waals surface area (Å²) in [5.74, 6) is 0.366. The van der Waals surface area contributed by atoms with E-state index in [1.165, 1.54) is 16.7 Å². The Kier molecular flexibility index (Phi) is 3.28. The number of hydrogen-bond donors (Lipinski definition) is 3. The van der Waals surface area contributed by atoms with Gasteiger partial charge in [-0.1, -0.05) is 30.7 Å². The number of nitrogens with two attached hydrogens (primary N) is 1. The van der Waals surface area contributed by atoms with Crippen molar-refractivity contribution in [1.82, 2.24) is 10.9 Å². The first kappa shape index (κ1) is 11.6. The molecule has 0 aliphatic carbocycles. The molecule has 1 aliphatic rings. The molecule has 0 saturated carbocycles. The first-order valence-electron chi connectivity index (χ1n) is 5.97. The lowest BCUT2D eigenvalue weighted by Crippen LogP contribution is -2.38. The SMILES string of the molecule is CCC1NNC(N)C1c1ccc(C)cc1C. The molecule has 0 amide bonds. The van der Waals surface area contributed by atoms with E-state index in [0.717, 1.165) is 6.42 Å².